The highest BCUT2D eigenvalue weighted by Gasteiger charge is 2.37. The lowest BCUT2D eigenvalue weighted by molar-refractivity contribution is -0.140. The van der Waals surface area contributed by atoms with E-state index in [9.17, 15) is 4.79 Å². The number of carbonyl (C=O) groups excluding carboxylic acids is 1. The molecule has 0 spiro atoms. The third-order valence-corrected chi connectivity index (χ3v) is 5.63. The van der Waals surface area contributed by atoms with Crippen molar-refractivity contribution >= 4 is 5.91 Å². The summed E-state index contributed by atoms with van der Waals surface area (Å²) in [7, 11) is 0. The Morgan fingerprint density at radius 1 is 1.14 bits per heavy atom. The van der Waals surface area contributed by atoms with Crippen LogP contribution < -0.4 is 5.73 Å². The van der Waals surface area contributed by atoms with Gasteiger partial charge in [0.15, 0.2) is 0 Å². The number of likely N-dealkylation sites (tertiary alicyclic amines) is 1. The van der Waals surface area contributed by atoms with Crippen LogP contribution in [0.1, 0.15) is 66.2 Å². The first-order valence-corrected chi connectivity index (χ1v) is 8.79. The van der Waals surface area contributed by atoms with Crippen molar-refractivity contribution in [3.8, 4) is 0 Å². The van der Waals surface area contributed by atoms with Crippen molar-refractivity contribution < 1.29 is 4.79 Å². The van der Waals surface area contributed by atoms with Crippen molar-refractivity contribution in [1.82, 2.24) is 9.80 Å². The number of amides is 1. The van der Waals surface area contributed by atoms with E-state index in [1.165, 1.54) is 12.8 Å². The predicted octanol–water partition coefficient (Wildman–Crippen LogP) is 2.37. The maximum Gasteiger partial charge on any atom is 0.239 e. The van der Waals surface area contributed by atoms with Crippen molar-refractivity contribution in [1.29, 1.82) is 0 Å². The van der Waals surface area contributed by atoms with Gasteiger partial charge in [-0.1, -0.05) is 0 Å². The molecule has 0 aromatic rings. The second-order valence-corrected chi connectivity index (χ2v) is 7.09. The lowest BCUT2D eigenvalue weighted by Crippen LogP contribution is -2.54. The van der Waals surface area contributed by atoms with Gasteiger partial charge in [-0.3, -0.25) is 9.69 Å². The van der Waals surface area contributed by atoms with E-state index in [2.05, 4.69) is 37.5 Å². The minimum Gasteiger partial charge on any atom is -0.339 e. The number of hydrogen-bond donors (Lipinski definition) is 1. The van der Waals surface area contributed by atoms with E-state index in [0.717, 1.165) is 32.2 Å². The van der Waals surface area contributed by atoms with Crippen LogP contribution in [-0.2, 0) is 4.79 Å². The van der Waals surface area contributed by atoms with Crippen molar-refractivity contribution in [2.45, 2.75) is 96.4 Å². The Balaban J connectivity index is 2.02. The lowest BCUT2D eigenvalue weighted by atomic mass is 9.90. The first-order valence-electron chi connectivity index (χ1n) is 8.79. The van der Waals surface area contributed by atoms with E-state index in [0.29, 0.717) is 30.1 Å². The van der Waals surface area contributed by atoms with Crippen molar-refractivity contribution in [2.24, 2.45) is 5.73 Å². The van der Waals surface area contributed by atoms with Gasteiger partial charge in [-0.15, -0.1) is 0 Å². The van der Waals surface area contributed by atoms with Crippen molar-refractivity contribution in [2.75, 3.05) is 6.54 Å². The summed E-state index contributed by atoms with van der Waals surface area (Å²) >= 11 is 0. The molecule has 2 fully saturated rings. The molecule has 0 aromatic carbocycles. The molecule has 122 valence electrons. The Labute approximate surface area is 130 Å². The number of rotatable bonds is 4. The summed E-state index contributed by atoms with van der Waals surface area (Å²) in [5.41, 5.74) is 6.00. The second-order valence-electron chi connectivity index (χ2n) is 7.09. The highest BCUT2D eigenvalue weighted by molar-refractivity contribution is 5.82. The molecule has 1 saturated carbocycles. The lowest BCUT2D eigenvalue weighted by Gasteiger charge is -2.40. The minimum absolute atomic E-state index is 0.00745. The third kappa shape index (κ3) is 3.59. The summed E-state index contributed by atoms with van der Waals surface area (Å²) in [4.78, 5) is 17.5. The van der Waals surface area contributed by atoms with Gasteiger partial charge in [0.1, 0.15) is 0 Å². The zero-order valence-electron chi connectivity index (χ0n) is 14.2. The third-order valence-electron chi connectivity index (χ3n) is 5.63. The first kappa shape index (κ1) is 16.8. The van der Waals surface area contributed by atoms with Crippen LogP contribution in [0.15, 0.2) is 0 Å². The summed E-state index contributed by atoms with van der Waals surface area (Å²) in [6, 6.07) is 1.80. The molecular weight excluding hydrogens is 262 g/mol. The Kier molecular flexibility index (Phi) is 5.67. The molecule has 0 aromatic heterocycles. The summed E-state index contributed by atoms with van der Waals surface area (Å²) in [5, 5.41) is 0. The van der Waals surface area contributed by atoms with Crippen LogP contribution in [0.25, 0.3) is 0 Å². The maximum atomic E-state index is 13.0. The fourth-order valence-electron chi connectivity index (χ4n) is 4.35. The van der Waals surface area contributed by atoms with E-state index in [1.54, 1.807) is 0 Å². The van der Waals surface area contributed by atoms with Gasteiger partial charge < -0.3 is 10.6 Å². The van der Waals surface area contributed by atoms with Crippen LogP contribution in [0.2, 0.25) is 0 Å². The summed E-state index contributed by atoms with van der Waals surface area (Å²) < 4.78 is 0. The van der Waals surface area contributed by atoms with Gasteiger partial charge in [0.2, 0.25) is 5.91 Å². The summed E-state index contributed by atoms with van der Waals surface area (Å²) in [6.07, 6.45) is 6.67. The monoisotopic (exact) mass is 295 g/mol. The molecule has 2 aliphatic rings. The van der Waals surface area contributed by atoms with Crippen LogP contribution in [0.4, 0.5) is 0 Å². The Bertz CT molecular complexity index is 342. The zero-order chi connectivity index (χ0) is 15.6. The molecule has 4 heteroatoms. The molecule has 1 saturated heterocycles. The Morgan fingerprint density at radius 2 is 1.67 bits per heavy atom. The average Bonchev–Trinajstić information content (AvgIpc) is 2.80. The van der Waals surface area contributed by atoms with Gasteiger partial charge >= 0.3 is 0 Å². The maximum absolute atomic E-state index is 13.0. The first-order chi connectivity index (χ1) is 9.95. The quantitative estimate of drug-likeness (QED) is 0.866. The van der Waals surface area contributed by atoms with Crippen LogP contribution in [0.5, 0.6) is 0 Å². The van der Waals surface area contributed by atoms with Crippen LogP contribution in [0, 0.1) is 0 Å². The smallest absolute Gasteiger partial charge is 0.239 e. The second kappa shape index (κ2) is 7.10. The van der Waals surface area contributed by atoms with E-state index >= 15 is 0 Å². The average molecular weight is 295 g/mol. The van der Waals surface area contributed by atoms with Gasteiger partial charge in [-0.05, 0) is 66.2 Å². The van der Waals surface area contributed by atoms with Crippen LogP contribution in [0.3, 0.4) is 0 Å². The van der Waals surface area contributed by atoms with Gasteiger partial charge in [-0.25, -0.2) is 0 Å². The van der Waals surface area contributed by atoms with Crippen LogP contribution in [-0.4, -0.2) is 52.5 Å². The Morgan fingerprint density at radius 3 is 2.14 bits per heavy atom. The summed E-state index contributed by atoms with van der Waals surface area (Å²) in [6.45, 7) is 9.53. The highest BCUT2D eigenvalue weighted by Crippen LogP contribution is 2.28. The molecule has 21 heavy (non-hydrogen) atoms. The molecule has 3 unspecified atom stereocenters. The SMILES string of the molecule is CCN(C(=O)C(C)N1C(C)CCC1C)C1CCC(N)CC1. The standard InChI is InChI=1S/C17H33N3O/c1-5-19(16-10-8-15(18)9-11-16)17(21)14(4)20-12(2)6-7-13(20)3/h12-16H,5-11,18H2,1-4H3. The largest absolute Gasteiger partial charge is 0.339 e. The number of hydrogen-bond acceptors (Lipinski definition) is 3. The van der Waals surface area contributed by atoms with Gasteiger partial charge in [0, 0.05) is 30.7 Å². The van der Waals surface area contributed by atoms with E-state index < -0.39 is 0 Å². The van der Waals surface area contributed by atoms with Crippen LogP contribution >= 0.6 is 0 Å². The topological polar surface area (TPSA) is 49.6 Å². The van der Waals surface area contributed by atoms with E-state index in [-0.39, 0.29) is 6.04 Å². The Hall–Kier alpha value is -0.610. The predicted molar refractivity (Wildman–Crippen MR) is 87.1 cm³/mol. The number of nitrogens with zero attached hydrogens (tertiary/aromatic N) is 2. The molecular formula is C17H33N3O. The molecule has 1 amide bonds. The fourth-order valence-corrected chi connectivity index (χ4v) is 4.35. The van der Waals surface area contributed by atoms with Crippen molar-refractivity contribution in [3.63, 3.8) is 0 Å². The molecule has 1 aliphatic carbocycles. The van der Waals surface area contributed by atoms with Crippen molar-refractivity contribution in [3.05, 3.63) is 0 Å². The molecule has 4 nitrogen and oxygen atoms in total. The molecule has 1 aliphatic heterocycles. The zero-order valence-corrected chi connectivity index (χ0v) is 14.2. The normalized spacial score (nSPS) is 35.7. The van der Waals surface area contributed by atoms with Gasteiger partial charge in [-0.2, -0.15) is 0 Å². The molecule has 2 rings (SSSR count). The number of carbonyl (C=O) groups is 1. The van der Waals surface area contributed by atoms with Gasteiger partial charge in [0.25, 0.3) is 0 Å². The molecule has 3 atom stereocenters. The molecule has 1 heterocycles. The summed E-state index contributed by atoms with van der Waals surface area (Å²) in [5.74, 6) is 0.318. The van der Waals surface area contributed by atoms with Gasteiger partial charge in [0.05, 0.1) is 6.04 Å². The highest BCUT2D eigenvalue weighted by atomic mass is 16.2. The van der Waals surface area contributed by atoms with E-state index in [1.807, 2.05) is 0 Å². The minimum atomic E-state index is 0.00745. The molecule has 0 bridgehead atoms. The van der Waals surface area contributed by atoms with E-state index in [4.69, 9.17) is 5.73 Å². The molecule has 0 radical (unpaired) electrons. The number of nitrogens with two attached hydrogens (primary N) is 1. The fraction of sp³-hybridized carbons (Fsp3) is 0.941. The molecule has 2 N–H and O–H groups in total. The number of likely N-dealkylation sites (N-methyl/N-ethyl adjacent to an activating group) is 1.